The summed E-state index contributed by atoms with van der Waals surface area (Å²) in [6.45, 7) is 4.51. The summed E-state index contributed by atoms with van der Waals surface area (Å²) >= 11 is 0. The smallest absolute Gasteiger partial charge is 0.295 e. The van der Waals surface area contributed by atoms with E-state index in [9.17, 15) is 14.7 Å². The van der Waals surface area contributed by atoms with Crippen molar-refractivity contribution in [2.24, 2.45) is 0 Å². The van der Waals surface area contributed by atoms with Crippen LogP contribution in [0.5, 0.6) is 11.5 Å². The van der Waals surface area contributed by atoms with Crippen LogP contribution < -0.4 is 9.47 Å². The number of Topliss-reactive ketones (excluding diaryl/α,β-unsaturated/α-hetero) is 1. The van der Waals surface area contributed by atoms with E-state index in [0.29, 0.717) is 23.4 Å². The van der Waals surface area contributed by atoms with Crippen LogP contribution in [0.3, 0.4) is 0 Å². The number of unbranched alkanes of at least 4 members (excludes halogenated alkanes) is 2. The fourth-order valence-electron chi connectivity index (χ4n) is 4.58. The van der Waals surface area contributed by atoms with Crippen LogP contribution in [-0.2, 0) is 16.0 Å². The molecule has 2 aliphatic heterocycles. The molecule has 2 aromatic carbocycles. The first-order valence-electron chi connectivity index (χ1n) is 11.2. The number of para-hydroxylation sites is 1. The Kier molecular flexibility index (Phi) is 6.21. The second-order valence-corrected chi connectivity index (χ2v) is 8.40. The van der Waals surface area contributed by atoms with Crippen LogP contribution >= 0.6 is 0 Å². The predicted molar refractivity (Wildman–Crippen MR) is 122 cm³/mol. The van der Waals surface area contributed by atoms with E-state index in [4.69, 9.17) is 9.47 Å². The second kappa shape index (κ2) is 9.07. The SMILES string of the molecule is CCCCCN1C(=O)C(=O)/C(=C(/O)c2ccc3c(c2)CC(C)O3)C1c1ccccc1OC. The molecule has 2 aliphatic rings. The second-order valence-electron chi connectivity index (χ2n) is 8.40. The van der Waals surface area contributed by atoms with Crippen molar-refractivity contribution in [1.29, 1.82) is 0 Å². The third kappa shape index (κ3) is 3.85. The molecule has 2 heterocycles. The molecule has 168 valence electrons. The van der Waals surface area contributed by atoms with Gasteiger partial charge in [0, 0.05) is 24.1 Å². The minimum absolute atomic E-state index is 0.0696. The highest BCUT2D eigenvalue weighted by Gasteiger charge is 2.46. The number of aliphatic hydroxyl groups excluding tert-OH is 1. The van der Waals surface area contributed by atoms with Gasteiger partial charge >= 0.3 is 0 Å². The number of ether oxygens (including phenoxy) is 2. The lowest BCUT2D eigenvalue weighted by Crippen LogP contribution is -2.30. The van der Waals surface area contributed by atoms with Crippen LogP contribution in [0.15, 0.2) is 48.0 Å². The molecule has 0 radical (unpaired) electrons. The zero-order valence-corrected chi connectivity index (χ0v) is 18.8. The maximum absolute atomic E-state index is 13.2. The maximum Gasteiger partial charge on any atom is 0.295 e. The fourth-order valence-corrected chi connectivity index (χ4v) is 4.58. The summed E-state index contributed by atoms with van der Waals surface area (Å²) in [4.78, 5) is 27.8. The first kappa shape index (κ1) is 21.9. The Balaban J connectivity index is 1.83. The van der Waals surface area contributed by atoms with Crippen molar-refractivity contribution in [2.45, 2.75) is 51.7 Å². The van der Waals surface area contributed by atoms with Crippen molar-refractivity contribution in [3.05, 3.63) is 64.7 Å². The van der Waals surface area contributed by atoms with Crippen molar-refractivity contribution < 1.29 is 24.2 Å². The standard InChI is InChI=1S/C26H29NO5/c1-4-5-8-13-27-23(19-9-6-7-10-21(19)31-3)22(25(29)26(27)30)24(28)17-11-12-20-18(15-17)14-16(2)32-20/h6-7,9-12,15-16,23,28H,4-5,8,13-14H2,1-3H3/b24-22+. The molecule has 2 unspecified atom stereocenters. The maximum atomic E-state index is 13.2. The molecular formula is C26H29NO5. The van der Waals surface area contributed by atoms with Crippen molar-refractivity contribution in [2.75, 3.05) is 13.7 Å². The minimum Gasteiger partial charge on any atom is -0.507 e. The Morgan fingerprint density at radius 2 is 1.97 bits per heavy atom. The molecule has 6 nitrogen and oxygen atoms in total. The van der Waals surface area contributed by atoms with E-state index in [2.05, 4.69) is 6.92 Å². The number of likely N-dealkylation sites (tertiary alicyclic amines) is 1. The molecule has 0 saturated carbocycles. The Morgan fingerprint density at radius 1 is 1.19 bits per heavy atom. The first-order valence-corrected chi connectivity index (χ1v) is 11.2. The lowest BCUT2D eigenvalue weighted by Gasteiger charge is -2.26. The first-order chi connectivity index (χ1) is 15.5. The molecule has 0 spiro atoms. The number of benzene rings is 2. The van der Waals surface area contributed by atoms with Gasteiger partial charge in [-0.1, -0.05) is 38.0 Å². The molecule has 6 heteroatoms. The summed E-state index contributed by atoms with van der Waals surface area (Å²) in [5.74, 6) is -0.0615. The molecule has 1 amide bonds. The lowest BCUT2D eigenvalue weighted by atomic mass is 9.94. The molecule has 0 bridgehead atoms. The van der Waals surface area contributed by atoms with Gasteiger partial charge in [0.05, 0.1) is 18.7 Å². The number of carbonyl (C=O) groups excluding carboxylic acids is 2. The Labute approximate surface area is 188 Å². The van der Waals surface area contributed by atoms with Crippen LogP contribution in [0.1, 0.15) is 55.8 Å². The van der Waals surface area contributed by atoms with E-state index in [0.717, 1.165) is 37.0 Å². The number of ketones is 1. The number of amides is 1. The largest absolute Gasteiger partial charge is 0.507 e. The van der Waals surface area contributed by atoms with Crippen LogP contribution in [0.4, 0.5) is 0 Å². The fraction of sp³-hybridized carbons (Fsp3) is 0.385. The van der Waals surface area contributed by atoms with E-state index in [1.807, 2.05) is 37.3 Å². The number of hydrogen-bond acceptors (Lipinski definition) is 5. The van der Waals surface area contributed by atoms with Gasteiger partial charge in [-0.3, -0.25) is 9.59 Å². The number of fused-ring (bicyclic) bond motifs is 1. The van der Waals surface area contributed by atoms with Gasteiger partial charge in [0.25, 0.3) is 11.7 Å². The third-order valence-corrected chi connectivity index (χ3v) is 6.15. The highest BCUT2D eigenvalue weighted by atomic mass is 16.5. The van der Waals surface area contributed by atoms with Gasteiger partial charge in [-0.2, -0.15) is 0 Å². The molecular weight excluding hydrogens is 406 g/mol. The molecule has 2 atom stereocenters. The van der Waals surface area contributed by atoms with Crippen LogP contribution in [-0.4, -0.2) is 41.5 Å². The van der Waals surface area contributed by atoms with E-state index in [-0.39, 0.29) is 17.4 Å². The quantitative estimate of drug-likeness (QED) is 0.297. The highest BCUT2D eigenvalue weighted by Crippen LogP contribution is 2.43. The molecule has 1 fully saturated rings. The summed E-state index contributed by atoms with van der Waals surface area (Å²) in [7, 11) is 1.56. The van der Waals surface area contributed by atoms with Gasteiger partial charge in [0.2, 0.25) is 0 Å². The zero-order chi connectivity index (χ0) is 22.8. The average molecular weight is 436 g/mol. The minimum atomic E-state index is -0.702. The van der Waals surface area contributed by atoms with Crippen molar-refractivity contribution in [3.8, 4) is 11.5 Å². The van der Waals surface area contributed by atoms with E-state index in [1.165, 1.54) is 0 Å². The Morgan fingerprint density at radius 3 is 2.72 bits per heavy atom. The van der Waals surface area contributed by atoms with E-state index >= 15 is 0 Å². The topological polar surface area (TPSA) is 76.1 Å². The van der Waals surface area contributed by atoms with Crippen LogP contribution in [0.2, 0.25) is 0 Å². The van der Waals surface area contributed by atoms with Gasteiger partial charge in [0.15, 0.2) is 0 Å². The zero-order valence-electron chi connectivity index (χ0n) is 18.8. The molecule has 0 aliphatic carbocycles. The van der Waals surface area contributed by atoms with Gasteiger partial charge in [0.1, 0.15) is 23.4 Å². The molecule has 1 N–H and O–H groups in total. The number of hydrogen-bond donors (Lipinski definition) is 1. The van der Waals surface area contributed by atoms with Gasteiger partial charge in [-0.05, 0) is 43.2 Å². The average Bonchev–Trinajstić information content (AvgIpc) is 3.29. The lowest BCUT2D eigenvalue weighted by molar-refractivity contribution is -0.139. The summed E-state index contributed by atoms with van der Waals surface area (Å²) in [6.07, 6.45) is 3.53. The summed E-state index contributed by atoms with van der Waals surface area (Å²) in [5.41, 5.74) is 2.27. The Bertz CT molecular complexity index is 1070. The summed E-state index contributed by atoms with van der Waals surface area (Å²) in [6, 6.07) is 12.0. The Hall–Kier alpha value is -3.28. The van der Waals surface area contributed by atoms with Crippen molar-refractivity contribution >= 4 is 17.4 Å². The summed E-state index contributed by atoms with van der Waals surface area (Å²) in [5, 5.41) is 11.3. The number of carbonyl (C=O) groups is 2. The third-order valence-electron chi connectivity index (χ3n) is 6.15. The monoisotopic (exact) mass is 435 g/mol. The molecule has 1 saturated heterocycles. The van der Waals surface area contributed by atoms with E-state index in [1.54, 1.807) is 24.1 Å². The van der Waals surface area contributed by atoms with Gasteiger partial charge < -0.3 is 19.5 Å². The molecule has 2 aromatic rings. The van der Waals surface area contributed by atoms with Crippen molar-refractivity contribution in [1.82, 2.24) is 4.90 Å². The highest BCUT2D eigenvalue weighted by molar-refractivity contribution is 6.46. The van der Waals surface area contributed by atoms with Gasteiger partial charge in [-0.25, -0.2) is 0 Å². The summed E-state index contributed by atoms with van der Waals surface area (Å²) < 4.78 is 11.3. The number of nitrogens with zero attached hydrogens (tertiary/aromatic N) is 1. The van der Waals surface area contributed by atoms with Gasteiger partial charge in [-0.15, -0.1) is 0 Å². The molecule has 32 heavy (non-hydrogen) atoms. The number of rotatable bonds is 7. The number of aliphatic hydroxyl groups is 1. The predicted octanol–water partition coefficient (Wildman–Crippen LogP) is 4.63. The molecule has 0 aromatic heterocycles. The van der Waals surface area contributed by atoms with E-state index < -0.39 is 17.7 Å². The normalized spacial score (nSPS) is 21.5. The van der Waals surface area contributed by atoms with Crippen LogP contribution in [0, 0.1) is 0 Å². The number of methoxy groups -OCH3 is 1. The molecule has 4 rings (SSSR count). The van der Waals surface area contributed by atoms with Crippen molar-refractivity contribution in [3.63, 3.8) is 0 Å². The van der Waals surface area contributed by atoms with Crippen LogP contribution in [0.25, 0.3) is 5.76 Å².